The summed E-state index contributed by atoms with van der Waals surface area (Å²) < 4.78 is 15.3. The summed E-state index contributed by atoms with van der Waals surface area (Å²) in [7, 11) is 0. The fourth-order valence-electron chi connectivity index (χ4n) is 4.53. The van der Waals surface area contributed by atoms with Crippen LogP contribution in [0.4, 0.5) is 10.2 Å². The molecule has 2 fully saturated rings. The third-order valence-corrected chi connectivity index (χ3v) is 6.05. The molecule has 1 aliphatic carbocycles. The number of carbonyl (C=O) groups is 1. The number of carbonyl (C=O) groups excluding carboxylic acids is 1. The van der Waals surface area contributed by atoms with Crippen LogP contribution in [0.15, 0.2) is 36.9 Å². The lowest BCUT2D eigenvalue weighted by atomic mass is 10.1. The molecule has 0 unspecified atom stereocenters. The van der Waals surface area contributed by atoms with Gasteiger partial charge in [-0.3, -0.25) is 9.78 Å². The van der Waals surface area contributed by atoms with Crippen LogP contribution in [0.3, 0.4) is 0 Å². The van der Waals surface area contributed by atoms with Crippen LogP contribution in [-0.2, 0) is 0 Å². The second-order valence-corrected chi connectivity index (χ2v) is 7.98. The lowest BCUT2D eigenvalue weighted by Crippen LogP contribution is -2.39. The maximum Gasteiger partial charge on any atom is 0.257 e. The normalized spacial score (nSPS) is 23.9. The van der Waals surface area contributed by atoms with Gasteiger partial charge in [-0.2, -0.15) is 5.10 Å². The maximum atomic E-state index is 13.7. The number of pyridine rings is 1. The molecule has 8 nitrogen and oxygen atoms in total. The van der Waals surface area contributed by atoms with Gasteiger partial charge in [0.05, 0.1) is 30.6 Å². The number of anilines is 1. The molecule has 156 valence electrons. The van der Waals surface area contributed by atoms with Gasteiger partial charge in [0.1, 0.15) is 17.2 Å². The van der Waals surface area contributed by atoms with Gasteiger partial charge in [-0.15, -0.1) is 0 Å². The highest BCUT2D eigenvalue weighted by Crippen LogP contribution is 2.35. The minimum Gasteiger partial charge on any atom is -0.391 e. The fraction of sp³-hybridized carbons (Fsp3) is 0.429. The van der Waals surface area contributed by atoms with Gasteiger partial charge in [0, 0.05) is 18.9 Å². The minimum absolute atomic E-state index is 0.0167. The molecular formula is C21H23FN6O2. The molecule has 30 heavy (non-hydrogen) atoms. The first-order chi connectivity index (χ1) is 14.6. The molecule has 0 bridgehead atoms. The molecule has 1 saturated heterocycles. The van der Waals surface area contributed by atoms with Crippen LogP contribution in [0.5, 0.6) is 0 Å². The number of aromatic nitrogens is 4. The van der Waals surface area contributed by atoms with Crippen LogP contribution < -0.4 is 10.2 Å². The zero-order valence-corrected chi connectivity index (χ0v) is 16.4. The number of amides is 1. The number of nitrogens with zero attached hydrogens (tertiary/aromatic N) is 5. The Morgan fingerprint density at radius 1 is 1.20 bits per heavy atom. The number of hydrogen-bond donors (Lipinski definition) is 2. The Morgan fingerprint density at radius 3 is 2.90 bits per heavy atom. The average molecular weight is 410 g/mol. The molecule has 3 atom stereocenters. The van der Waals surface area contributed by atoms with E-state index < -0.39 is 6.10 Å². The molecule has 2 aliphatic rings. The van der Waals surface area contributed by atoms with E-state index >= 15 is 0 Å². The predicted octanol–water partition coefficient (Wildman–Crippen LogP) is 2.25. The van der Waals surface area contributed by atoms with Gasteiger partial charge in [0.25, 0.3) is 5.91 Å². The first-order valence-corrected chi connectivity index (χ1v) is 10.3. The van der Waals surface area contributed by atoms with Crippen molar-refractivity contribution < 1.29 is 14.3 Å². The Morgan fingerprint density at radius 2 is 2.10 bits per heavy atom. The highest BCUT2D eigenvalue weighted by Gasteiger charge is 2.30. The molecule has 1 amide bonds. The van der Waals surface area contributed by atoms with E-state index in [-0.39, 0.29) is 23.8 Å². The van der Waals surface area contributed by atoms with Gasteiger partial charge < -0.3 is 15.3 Å². The Kier molecular flexibility index (Phi) is 4.82. The molecule has 3 aromatic heterocycles. The highest BCUT2D eigenvalue weighted by atomic mass is 19.1. The largest absolute Gasteiger partial charge is 0.391 e. The Hall–Kier alpha value is -3.07. The van der Waals surface area contributed by atoms with Gasteiger partial charge in [0.2, 0.25) is 0 Å². The van der Waals surface area contributed by atoms with E-state index in [0.717, 1.165) is 37.8 Å². The standard InChI is InChI=1S/C21H23FN6O2/c22-14-9-13(10-23-11-14)17-4-2-7-27(17)19-6-8-28-20(26-19)15(12-24-28)21(30)25-16-3-1-5-18(16)29/h6,8-12,16-18,29H,1-5,7H2,(H,25,30)/t16-,17+,18-/m0/s1. The van der Waals surface area contributed by atoms with Crippen molar-refractivity contribution in [2.75, 3.05) is 11.4 Å². The summed E-state index contributed by atoms with van der Waals surface area (Å²) in [5, 5.41) is 17.2. The van der Waals surface area contributed by atoms with Gasteiger partial charge >= 0.3 is 0 Å². The van der Waals surface area contributed by atoms with Gasteiger partial charge in [-0.25, -0.2) is 13.9 Å². The number of halogens is 1. The Balaban J connectivity index is 1.44. The molecule has 0 radical (unpaired) electrons. The molecule has 4 heterocycles. The number of fused-ring (bicyclic) bond motifs is 1. The highest BCUT2D eigenvalue weighted by molar-refractivity contribution is 6.00. The third-order valence-electron chi connectivity index (χ3n) is 6.05. The second kappa shape index (κ2) is 7.64. The summed E-state index contributed by atoms with van der Waals surface area (Å²) in [4.78, 5) is 23.6. The van der Waals surface area contributed by atoms with Crippen molar-refractivity contribution in [3.05, 3.63) is 53.9 Å². The van der Waals surface area contributed by atoms with E-state index in [4.69, 9.17) is 4.98 Å². The summed E-state index contributed by atoms with van der Waals surface area (Å²) in [5.74, 6) is 0.0734. The van der Waals surface area contributed by atoms with E-state index in [1.807, 2.05) is 6.07 Å². The molecule has 2 N–H and O–H groups in total. The maximum absolute atomic E-state index is 13.7. The zero-order valence-electron chi connectivity index (χ0n) is 16.4. The zero-order chi connectivity index (χ0) is 20.7. The number of rotatable bonds is 4. The lowest BCUT2D eigenvalue weighted by Gasteiger charge is -2.26. The molecule has 5 rings (SSSR count). The number of hydrogen-bond acceptors (Lipinski definition) is 6. The number of aliphatic hydroxyl groups excluding tert-OH is 1. The van der Waals surface area contributed by atoms with Gasteiger partial charge in [0.15, 0.2) is 5.65 Å². The monoisotopic (exact) mass is 410 g/mol. The molecular weight excluding hydrogens is 387 g/mol. The van der Waals surface area contributed by atoms with E-state index in [0.29, 0.717) is 23.4 Å². The second-order valence-electron chi connectivity index (χ2n) is 7.98. The van der Waals surface area contributed by atoms with E-state index in [1.165, 1.54) is 18.5 Å². The molecule has 0 aromatic carbocycles. The van der Waals surface area contributed by atoms with Crippen LogP contribution in [0.1, 0.15) is 54.1 Å². The number of nitrogens with one attached hydrogen (secondary N) is 1. The van der Waals surface area contributed by atoms with Crippen molar-refractivity contribution in [3.8, 4) is 0 Å². The summed E-state index contributed by atoms with van der Waals surface area (Å²) >= 11 is 0. The summed E-state index contributed by atoms with van der Waals surface area (Å²) in [6.45, 7) is 0.786. The first-order valence-electron chi connectivity index (χ1n) is 10.3. The molecule has 1 aliphatic heterocycles. The van der Waals surface area contributed by atoms with Crippen molar-refractivity contribution in [1.82, 2.24) is 24.9 Å². The van der Waals surface area contributed by atoms with Crippen molar-refractivity contribution in [2.24, 2.45) is 0 Å². The molecule has 3 aromatic rings. The van der Waals surface area contributed by atoms with Crippen LogP contribution in [0.2, 0.25) is 0 Å². The molecule has 9 heteroatoms. The summed E-state index contributed by atoms with van der Waals surface area (Å²) in [5.41, 5.74) is 1.65. The van der Waals surface area contributed by atoms with E-state index in [2.05, 4.69) is 20.3 Å². The predicted molar refractivity (Wildman–Crippen MR) is 108 cm³/mol. The summed E-state index contributed by atoms with van der Waals surface area (Å²) in [6, 6.07) is 3.11. The topological polar surface area (TPSA) is 95.6 Å². The van der Waals surface area contributed by atoms with Gasteiger partial charge in [-0.1, -0.05) is 0 Å². The van der Waals surface area contributed by atoms with Crippen LogP contribution in [0, 0.1) is 5.82 Å². The fourth-order valence-corrected chi connectivity index (χ4v) is 4.53. The van der Waals surface area contributed by atoms with Crippen LogP contribution >= 0.6 is 0 Å². The number of aliphatic hydroxyl groups is 1. The van der Waals surface area contributed by atoms with Gasteiger partial charge in [-0.05, 0) is 49.8 Å². The van der Waals surface area contributed by atoms with E-state index in [9.17, 15) is 14.3 Å². The smallest absolute Gasteiger partial charge is 0.257 e. The van der Waals surface area contributed by atoms with Crippen LogP contribution in [0.25, 0.3) is 5.65 Å². The van der Waals surface area contributed by atoms with Crippen molar-refractivity contribution in [2.45, 2.75) is 50.3 Å². The van der Waals surface area contributed by atoms with Crippen molar-refractivity contribution in [1.29, 1.82) is 0 Å². The van der Waals surface area contributed by atoms with Crippen LogP contribution in [-0.4, -0.2) is 49.3 Å². The average Bonchev–Trinajstić information content (AvgIpc) is 3.47. The van der Waals surface area contributed by atoms with Crippen molar-refractivity contribution in [3.63, 3.8) is 0 Å². The van der Waals surface area contributed by atoms with Crippen molar-refractivity contribution >= 4 is 17.4 Å². The Labute approximate surface area is 172 Å². The quantitative estimate of drug-likeness (QED) is 0.685. The SMILES string of the molecule is O=C(N[C@H]1CCC[C@@H]1O)c1cnn2ccc(N3CCC[C@@H]3c3cncc(F)c3)nc12. The lowest BCUT2D eigenvalue weighted by molar-refractivity contribution is 0.0874. The van der Waals surface area contributed by atoms with E-state index in [1.54, 1.807) is 16.9 Å². The Bertz CT molecular complexity index is 1090. The minimum atomic E-state index is -0.510. The first kappa shape index (κ1) is 18.9. The molecule has 0 spiro atoms. The summed E-state index contributed by atoms with van der Waals surface area (Å²) in [6.07, 6.45) is 9.86. The molecule has 1 saturated carbocycles. The third kappa shape index (κ3) is 3.39.